The molecule has 0 unspecified atom stereocenters. The Kier molecular flexibility index (Phi) is 6.39. The van der Waals surface area contributed by atoms with Gasteiger partial charge >= 0.3 is 6.03 Å². The summed E-state index contributed by atoms with van der Waals surface area (Å²) in [6.07, 6.45) is 0.379. The number of fused-ring (bicyclic) bond motifs is 1. The van der Waals surface area contributed by atoms with Crippen LogP contribution in [0.15, 0.2) is 18.2 Å². The fraction of sp³-hybridized carbons (Fsp3) is 0.500. The van der Waals surface area contributed by atoms with Crippen LogP contribution < -0.4 is 5.32 Å². The molecule has 0 bridgehead atoms. The van der Waals surface area contributed by atoms with Crippen LogP contribution in [0.2, 0.25) is 0 Å². The number of hydrogen-bond donors (Lipinski definition) is 2. The maximum Gasteiger partial charge on any atom is 0.317 e. The van der Waals surface area contributed by atoms with Crippen molar-refractivity contribution in [3.05, 3.63) is 39.4 Å². The highest BCUT2D eigenvalue weighted by Crippen LogP contribution is 2.26. The zero-order valence-electron chi connectivity index (χ0n) is 15.9. The molecule has 3 rings (SSSR count). The molecule has 1 saturated heterocycles. The van der Waals surface area contributed by atoms with Crippen molar-refractivity contribution in [1.29, 1.82) is 0 Å². The number of piperazine rings is 1. The summed E-state index contributed by atoms with van der Waals surface area (Å²) in [6, 6.07) is 3.42. The van der Waals surface area contributed by atoms with Crippen molar-refractivity contribution < 1.29 is 24.4 Å². The number of carbonyl (C=O) groups is 3. The SMILES string of the molecule is O=C(NCCCN1C(=O)c2ccc([N+](=O)[O-])cc2C1=O)N1CCN(CCO)CC1. The second-order valence-corrected chi connectivity index (χ2v) is 6.89. The van der Waals surface area contributed by atoms with Crippen LogP contribution in [-0.2, 0) is 0 Å². The van der Waals surface area contributed by atoms with Gasteiger partial charge in [0.2, 0.25) is 0 Å². The molecule has 156 valence electrons. The summed E-state index contributed by atoms with van der Waals surface area (Å²) in [7, 11) is 0. The zero-order valence-corrected chi connectivity index (χ0v) is 15.9. The highest BCUT2D eigenvalue weighted by atomic mass is 16.6. The Morgan fingerprint density at radius 3 is 2.45 bits per heavy atom. The molecule has 1 aromatic carbocycles. The molecule has 2 N–H and O–H groups in total. The number of urea groups is 1. The van der Waals surface area contributed by atoms with Gasteiger partial charge in [0.05, 0.1) is 22.7 Å². The number of aliphatic hydroxyl groups is 1. The highest BCUT2D eigenvalue weighted by molar-refractivity contribution is 6.21. The number of nitro benzene ring substituents is 1. The summed E-state index contributed by atoms with van der Waals surface area (Å²) < 4.78 is 0. The fourth-order valence-electron chi connectivity index (χ4n) is 3.46. The number of nitrogens with one attached hydrogen (secondary N) is 1. The predicted molar refractivity (Wildman–Crippen MR) is 102 cm³/mol. The molecule has 2 aliphatic heterocycles. The standard InChI is InChI=1S/C18H23N5O6/c24-11-10-20-6-8-21(9-7-20)18(27)19-4-1-5-22-16(25)14-3-2-13(23(28)29)12-15(14)17(22)26/h2-3,12,24H,1,4-11H2,(H,19,27). The van der Waals surface area contributed by atoms with Gasteiger partial charge in [-0.2, -0.15) is 0 Å². The first-order valence-corrected chi connectivity index (χ1v) is 9.43. The number of nitrogens with zero attached hydrogens (tertiary/aromatic N) is 4. The smallest absolute Gasteiger partial charge is 0.317 e. The molecule has 29 heavy (non-hydrogen) atoms. The van der Waals surface area contributed by atoms with Crippen molar-refractivity contribution in [3.63, 3.8) is 0 Å². The van der Waals surface area contributed by atoms with Gasteiger partial charge in [0.1, 0.15) is 0 Å². The normalized spacial score (nSPS) is 16.9. The highest BCUT2D eigenvalue weighted by Gasteiger charge is 2.36. The van der Waals surface area contributed by atoms with Crippen LogP contribution >= 0.6 is 0 Å². The first-order chi connectivity index (χ1) is 13.9. The molecule has 0 aliphatic carbocycles. The monoisotopic (exact) mass is 405 g/mol. The Morgan fingerprint density at radius 1 is 1.10 bits per heavy atom. The van der Waals surface area contributed by atoms with Crippen molar-refractivity contribution in [1.82, 2.24) is 20.0 Å². The van der Waals surface area contributed by atoms with E-state index in [9.17, 15) is 24.5 Å². The summed E-state index contributed by atoms with van der Waals surface area (Å²) in [5.74, 6) is -1.04. The van der Waals surface area contributed by atoms with Crippen LogP contribution in [0.3, 0.4) is 0 Å². The van der Waals surface area contributed by atoms with Crippen molar-refractivity contribution in [2.24, 2.45) is 0 Å². The largest absolute Gasteiger partial charge is 0.395 e. The van der Waals surface area contributed by atoms with Crippen LogP contribution in [0.4, 0.5) is 10.5 Å². The fourth-order valence-corrected chi connectivity index (χ4v) is 3.46. The van der Waals surface area contributed by atoms with Crippen LogP contribution in [0.1, 0.15) is 27.1 Å². The number of amides is 4. The van der Waals surface area contributed by atoms with Gasteiger partial charge in [-0.3, -0.25) is 29.5 Å². The third kappa shape index (κ3) is 4.51. The van der Waals surface area contributed by atoms with Crippen molar-refractivity contribution >= 4 is 23.5 Å². The van der Waals surface area contributed by atoms with E-state index in [2.05, 4.69) is 10.2 Å². The quantitative estimate of drug-likeness (QED) is 0.280. The van der Waals surface area contributed by atoms with Gasteiger partial charge in [-0.15, -0.1) is 0 Å². The molecule has 2 aliphatic rings. The Balaban J connectivity index is 1.45. The molecule has 1 fully saturated rings. The lowest BCUT2D eigenvalue weighted by molar-refractivity contribution is -0.384. The van der Waals surface area contributed by atoms with Gasteiger partial charge in [-0.1, -0.05) is 0 Å². The lowest BCUT2D eigenvalue weighted by Crippen LogP contribution is -2.52. The number of benzene rings is 1. The molecular weight excluding hydrogens is 382 g/mol. The van der Waals surface area contributed by atoms with Crippen molar-refractivity contribution in [3.8, 4) is 0 Å². The number of nitro groups is 1. The second kappa shape index (κ2) is 8.97. The van der Waals surface area contributed by atoms with Gasteiger partial charge in [-0.05, 0) is 12.5 Å². The molecule has 4 amide bonds. The van der Waals surface area contributed by atoms with Gasteiger partial charge in [0, 0.05) is 57.9 Å². The number of carbonyl (C=O) groups excluding carboxylic acids is 3. The lowest BCUT2D eigenvalue weighted by Gasteiger charge is -2.34. The minimum atomic E-state index is -0.611. The Morgan fingerprint density at radius 2 is 1.79 bits per heavy atom. The summed E-state index contributed by atoms with van der Waals surface area (Å²) in [6.45, 7) is 3.65. The van der Waals surface area contributed by atoms with E-state index in [-0.39, 0.29) is 36.0 Å². The summed E-state index contributed by atoms with van der Waals surface area (Å²) >= 11 is 0. The molecule has 1 aromatic rings. The molecular formula is C18H23N5O6. The third-order valence-corrected chi connectivity index (χ3v) is 5.08. The van der Waals surface area contributed by atoms with Gasteiger partial charge in [0.25, 0.3) is 17.5 Å². The van der Waals surface area contributed by atoms with E-state index in [1.165, 1.54) is 12.1 Å². The molecule has 11 nitrogen and oxygen atoms in total. The molecule has 2 heterocycles. The van der Waals surface area contributed by atoms with Crippen molar-refractivity contribution in [2.45, 2.75) is 6.42 Å². The number of non-ortho nitro benzene ring substituents is 1. The summed E-state index contributed by atoms with van der Waals surface area (Å²) in [5, 5.41) is 22.6. The molecule has 0 radical (unpaired) electrons. The van der Waals surface area contributed by atoms with Gasteiger partial charge in [0.15, 0.2) is 0 Å². The minimum absolute atomic E-state index is 0.0361. The average molecular weight is 405 g/mol. The number of hydrogen-bond acceptors (Lipinski definition) is 7. The first-order valence-electron chi connectivity index (χ1n) is 9.43. The third-order valence-electron chi connectivity index (χ3n) is 5.08. The Bertz CT molecular complexity index is 821. The van der Waals surface area contributed by atoms with Crippen LogP contribution in [0, 0.1) is 10.1 Å². The van der Waals surface area contributed by atoms with E-state index in [4.69, 9.17) is 5.11 Å². The van der Waals surface area contributed by atoms with E-state index in [0.29, 0.717) is 45.7 Å². The topological polar surface area (TPSA) is 136 Å². The predicted octanol–water partition coefficient (Wildman–Crippen LogP) is -0.0996. The molecule has 0 aromatic heterocycles. The van der Waals surface area contributed by atoms with Crippen LogP contribution in [0.25, 0.3) is 0 Å². The van der Waals surface area contributed by atoms with E-state index < -0.39 is 16.7 Å². The molecule has 0 spiro atoms. The van der Waals surface area contributed by atoms with E-state index in [1.54, 1.807) is 4.90 Å². The van der Waals surface area contributed by atoms with Crippen LogP contribution in [-0.4, -0.2) is 95.0 Å². The Labute approximate surface area is 167 Å². The summed E-state index contributed by atoms with van der Waals surface area (Å²) in [4.78, 5) is 52.0. The van der Waals surface area contributed by atoms with Gasteiger partial charge < -0.3 is 15.3 Å². The average Bonchev–Trinajstić information content (AvgIpc) is 2.96. The number of β-amino-alcohol motifs (C(OH)–C–C–N with tert-alkyl or cyclic N) is 1. The first kappa shape index (κ1) is 20.7. The molecule has 11 heteroatoms. The molecule has 0 saturated carbocycles. The number of imide groups is 1. The maximum atomic E-state index is 12.4. The number of aliphatic hydroxyl groups excluding tert-OH is 1. The lowest BCUT2D eigenvalue weighted by atomic mass is 10.1. The van der Waals surface area contributed by atoms with E-state index in [1.807, 2.05) is 0 Å². The second-order valence-electron chi connectivity index (χ2n) is 6.89. The van der Waals surface area contributed by atoms with Gasteiger partial charge in [-0.25, -0.2) is 4.79 Å². The number of rotatable bonds is 7. The molecule has 0 atom stereocenters. The van der Waals surface area contributed by atoms with E-state index >= 15 is 0 Å². The zero-order chi connectivity index (χ0) is 21.0. The summed E-state index contributed by atoms with van der Waals surface area (Å²) in [5.41, 5.74) is -0.0440. The maximum absolute atomic E-state index is 12.4. The van der Waals surface area contributed by atoms with Crippen LogP contribution in [0.5, 0.6) is 0 Å². The Hall–Kier alpha value is -3.05. The minimum Gasteiger partial charge on any atom is -0.395 e. The van der Waals surface area contributed by atoms with E-state index in [0.717, 1.165) is 11.0 Å². The van der Waals surface area contributed by atoms with Crippen molar-refractivity contribution in [2.75, 3.05) is 52.4 Å².